The lowest BCUT2D eigenvalue weighted by atomic mass is 10.2. The summed E-state index contributed by atoms with van der Waals surface area (Å²) in [6, 6.07) is 8.13. The Labute approximate surface area is 129 Å². The van der Waals surface area contributed by atoms with Crippen LogP contribution in [-0.4, -0.2) is 35.1 Å². The van der Waals surface area contributed by atoms with E-state index in [4.69, 9.17) is 11.6 Å². The molecule has 0 bridgehead atoms. The molecule has 1 aliphatic rings. The standard InChI is InChI=1S/C15H18ClN5/c1-11-7-3-4-8-12(11)20(2)14-17-13(16)18-15(19-14)21-9-5-6-10-21/h3-4,7-8H,5-6,9-10H2,1-2H3. The average Bonchev–Trinajstić information content (AvgIpc) is 3.01. The maximum absolute atomic E-state index is 6.08. The van der Waals surface area contributed by atoms with Crippen molar-refractivity contribution in [2.75, 3.05) is 29.9 Å². The molecule has 21 heavy (non-hydrogen) atoms. The van der Waals surface area contributed by atoms with E-state index in [9.17, 15) is 0 Å². The first-order chi connectivity index (χ1) is 10.1. The number of anilines is 3. The minimum Gasteiger partial charge on any atom is -0.341 e. The zero-order chi connectivity index (χ0) is 14.8. The Hall–Kier alpha value is -1.88. The van der Waals surface area contributed by atoms with Crippen LogP contribution in [0.4, 0.5) is 17.6 Å². The Kier molecular flexibility index (Phi) is 3.92. The van der Waals surface area contributed by atoms with Crippen molar-refractivity contribution < 1.29 is 0 Å². The first-order valence-electron chi connectivity index (χ1n) is 7.11. The number of hydrogen-bond donors (Lipinski definition) is 0. The first-order valence-corrected chi connectivity index (χ1v) is 7.49. The number of benzene rings is 1. The van der Waals surface area contributed by atoms with Gasteiger partial charge in [0, 0.05) is 25.8 Å². The lowest BCUT2D eigenvalue weighted by Crippen LogP contribution is -2.23. The van der Waals surface area contributed by atoms with Gasteiger partial charge in [-0.25, -0.2) is 0 Å². The van der Waals surface area contributed by atoms with Gasteiger partial charge in [0.15, 0.2) is 0 Å². The molecule has 3 rings (SSSR count). The number of rotatable bonds is 3. The highest BCUT2D eigenvalue weighted by Crippen LogP contribution is 2.26. The van der Waals surface area contributed by atoms with Gasteiger partial charge in [0.25, 0.3) is 0 Å². The number of para-hydroxylation sites is 1. The zero-order valence-electron chi connectivity index (χ0n) is 12.3. The molecule has 0 aliphatic carbocycles. The third kappa shape index (κ3) is 2.93. The normalized spacial score (nSPS) is 14.5. The van der Waals surface area contributed by atoms with Crippen LogP contribution in [0.15, 0.2) is 24.3 Å². The van der Waals surface area contributed by atoms with E-state index in [0.29, 0.717) is 11.9 Å². The highest BCUT2D eigenvalue weighted by Gasteiger charge is 2.19. The summed E-state index contributed by atoms with van der Waals surface area (Å²) in [6.07, 6.45) is 2.35. The summed E-state index contributed by atoms with van der Waals surface area (Å²) < 4.78 is 0. The molecule has 1 saturated heterocycles. The summed E-state index contributed by atoms with van der Waals surface area (Å²) in [7, 11) is 1.95. The number of hydrogen-bond acceptors (Lipinski definition) is 5. The summed E-state index contributed by atoms with van der Waals surface area (Å²) in [5, 5.41) is 0.238. The molecule has 110 valence electrons. The molecule has 5 nitrogen and oxygen atoms in total. The van der Waals surface area contributed by atoms with E-state index in [2.05, 4.69) is 32.8 Å². The second kappa shape index (κ2) is 5.85. The molecule has 0 saturated carbocycles. The topological polar surface area (TPSA) is 45.2 Å². The van der Waals surface area contributed by atoms with E-state index >= 15 is 0 Å². The lowest BCUT2D eigenvalue weighted by molar-refractivity contribution is 0.870. The smallest absolute Gasteiger partial charge is 0.235 e. The highest BCUT2D eigenvalue weighted by molar-refractivity contribution is 6.28. The van der Waals surface area contributed by atoms with E-state index in [1.165, 1.54) is 18.4 Å². The summed E-state index contributed by atoms with van der Waals surface area (Å²) in [4.78, 5) is 17.2. The minimum absolute atomic E-state index is 0.238. The number of aryl methyl sites for hydroxylation is 1. The van der Waals surface area contributed by atoms with Crippen molar-refractivity contribution in [1.29, 1.82) is 0 Å². The van der Waals surface area contributed by atoms with E-state index in [-0.39, 0.29) is 5.28 Å². The molecular weight excluding hydrogens is 286 g/mol. The second-order valence-electron chi connectivity index (χ2n) is 5.24. The number of halogens is 1. The highest BCUT2D eigenvalue weighted by atomic mass is 35.5. The van der Waals surface area contributed by atoms with Gasteiger partial charge in [-0.1, -0.05) is 18.2 Å². The molecule has 2 aromatic rings. The Balaban J connectivity index is 1.96. The SMILES string of the molecule is Cc1ccccc1N(C)c1nc(Cl)nc(N2CCCC2)n1. The van der Waals surface area contributed by atoms with Crippen molar-refractivity contribution in [3.8, 4) is 0 Å². The van der Waals surface area contributed by atoms with Gasteiger partial charge in [0.05, 0.1) is 0 Å². The van der Waals surface area contributed by atoms with Crippen molar-refractivity contribution in [1.82, 2.24) is 15.0 Å². The van der Waals surface area contributed by atoms with Crippen molar-refractivity contribution in [2.45, 2.75) is 19.8 Å². The molecule has 0 amide bonds. The molecule has 1 aromatic carbocycles. The second-order valence-corrected chi connectivity index (χ2v) is 5.58. The van der Waals surface area contributed by atoms with E-state index in [0.717, 1.165) is 18.8 Å². The molecule has 0 atom stereocenters. The van der Waals surface area contributed by atoms with Crippen LogP contribution in [0.5, 0.6) is 0 Å². The molecule has 0 N–H and O–H groups in total. The quantitative estimate of drug-likeness (QED) is 0.871. The summed E-state index contributed by atoms with van der Waals surface area (Å²) in [5.74, 6) is 1.24. The number of aromatic nitrogens is 3. The van der Waals surface area contributed by atoms with Crippen molar-refractivity contribution in [3.63, 3.8) is 0 Å². The summed E-state index contributed by atoms with van der Waals surface area (Å²) in [5.41, 5.74) is 2.23. The van der Waals surface area contributed by atoms with Crippen LogP contribution >= 0.6 is 11.6 Å². The minimum atomic E-state index is 0.238. The Morgan fingerprint density at radius 1 is 1.10 bits per heavy atom. The molecule has 2 heterocycles. The largest absolute Gasteiger partial charge is 0.341 e. The van der Waals surface area contributed by atoms with Gasteiger partial charge >= 0.3 is 0 Å². The van der Waals surface area contributed by atoms with Gasteiger partial charge in [-0.15, -0.1) is 0 Å². The van der Waals surface area contributed by atoms with Crippen LogP contribution in [-0.2, 0) is 0 Å². The van der Waals surface area contributed by atoms with Gasteiger partial charge in [-0.05, 0) is 43.0 Å². The predicted octanol–water partition coefficient (Wildman–Crippen LogP) is 3.20. The van der Waals surface area contributed by atoms with Crippen LogP contribution in [0, 0.1) is 6.92 Å². The van der Waals surface area contributed by atoms with E-state index in [1.807, 2.05) is 30.1 Å². The Bertz CT molecular complexity index is 640. The maximum atomic E-state index is 6.08. The Morgan fingerprint density at radius 3 is 2.52 bits per heavy atom. The van der Waals surface area contributed by atoms with Gasteiger partial charge in [-0.3, -0.25) is 0 Å². The fraction of sp³-hybridized carbons (Fsp3) is 0.400. The van der Waals surface area contributed by atoms with Crippen LogP contribution < -0.4 is 9.80 Å². The first kappa shape index (κ1) is 14.1. The van der Waals surface area contributed by atoms with Crippen LogP contribution in [0.3, 0.4) is 0 Å². The summed E-state index contributed by atoms with van der Waals surface area (Å²) >= 11 is 6.08. The molecule has 1 aromatic heterocycles. The zero-order valence-corrected chi connectivity index (χ0v) is 13.0. The molecule has 6 heteroatoms. The fourth-order valence-corrected chi connectivity index (χ4v) is 2.74. The van der Waals surface area contributed by atoms with Crippen molar-refractivity contribution >= 4 is 29.2 Å². The summed E-state index contributed by atoms with van der Waals surface area (Å²) in [6.45, 7) is 4.03. The predicted molar refractivity (Wildman–Crippen MR) is 85.5 cm³/mol. The molecular formula is C15H18ClN5. The van der Waals surface area contributed by atoms with E-state index < -0.39 is 0 Å². The van der Waals surface area contributed by atoms with Gasteiger partial charge in [0.2, 0.25) is 17.2 Å². The van der Waals surface area contributed by atoms with Crippen LogP contribution in [0.2, 0.25) is 5.28 Å². The third-order valence-corrected chi connectivity index (χ3v) is 3.92. The van der Waals surface area contributed by atoms with E-state index in [1.54, 1.807) is 0 Å². The van der Waals surface area contributed by atoms with Crippen LogP contribution in [0.25, 0.3) is 0 Å². The Morgan fingerprint density at radius 2 is 1.81 bits per heavy atom. The van der Waals surface area contributed by atoms with Gasteiger partial charge in [0.1, 0.15) is 0 Å². The molecule has 0 unspecified atom stereocenters. The monoisotopic (exact) mass is 303 g/mol. The molecule has 0 spiro atoms. The fourth-order valence-electron chi connectivity index (χ4n) is 2.59. The number of nitrogens with zero attached hydrogens (tertiary/aromatic N) is 5. The maximum Gasteiger partial charge on any atom is 0.235 e. The molecule has 0 radical (unpaired) electrons. The van der Waals surface area contributed by atoms with Gasteiger partial charge in [-0.2, -0.15) is 15.0 Å². The van der Waals surface area contributed by atoms with Gasteiger partial charge < -0.3 is 9.80 Å². The molecule has 1 fully saturated rings. The van der Waals surface area contributed by atoms with Crippen LogP contribution in [0.1, 0.15) is 18.4 Å². The average molecular weight is 304 g/mol. The third-order valence-electron chi connectivity index (χ3n) is 3.75. The van der Waals surface area contributed by atoms with Crippen molar-refractivity contribution in [3.05, 3.63) is 35.1 Å². The van der Waals surface area contributed by atoms with Crippen molar-refractivity contribution in [2.24, 2.45) is 0 Å². The molecule has 1 aliphatic heterocycles. The lowest BCUT2D eigenvalue weighted by Gasteiger charge is -2.21.